The van der Waals surface area contributed by atoms with Crippen LogP contribution in [0.25, 0.3) is 0 Å². The van der Waals surface area contributed by atoms with Crippen LogP contribution in [-0.4, -0.2) is 27.9 Å². The maximum absolute atomic E-state index is 10.4. The van der Waals surface area contributed by atoms with Gasteiger partial charge in [-0.2, -0.15) is 11.8 Å². The molecule has 0 spiro atoms. The minimum Gasteiger partial charge on any atom is -0.480 e. The highest BCUT2D eigenvalue weighted by atomic mass is 35.5. The standard InChI is InChI=1S/C9H11ClN2O2S/c10-6-1-2-12-7(3-6)4-15-5-8(11)9(13)14/h1-3,8H,4-5,11H2,(H,13,14)/t8-/m0/s1. The first-order valence-electron chi connectivity index (χ1n) is 4.26. The summed E-state index contributed by atoms with van der Waals surface area (Å²) in [6.07, 6.45) is 1.62. The number of pyridine rings is 1. The lowest BCUT2D eigenvalue weighted by molar-refractivity contribution is -0.137. The highest BCUT2D eigenvalue weighted by Gasteiger charge is 2.10. The quantitative estimate of drug-likeness (QED) is 0.821. The van der Waals surface area contributed by atoms with Crippen molar-refractivity contribution in [1.29, 1.82) is 0 Å². The van der Waals surface area contributed by atoms with E-state index in [1.165, 1.54) is 11.8 Å². The summed E-state index contributed by atoms with van der Waals surface area (Å²) in [6, 6.07) is 2.62. The normalized spacial score (nSPS) is 12.4. The third-order valence-corrected chi connectivity index (χ3v) is 2.97. The fraction of sp³-hybridized carbons (Fsp3) is 0.333. The second-order valence-corrected chi connectivity index (χ2v) is 4.39. The predicted molar refractivity (Wildman–Crippen MR) is 61.0 cm³/mol. The van der Waals surface area contributed by atoms with Gasteiger partial charge in [-0.1, -0.05) is 11.6 Å². The van der Waals surface area contributed by atoms with E-state index in [4.69, 9.17) is 22.4 Å². The Labute approximate surface area is 96.8 Å². The number of hydrogen-bond acceptors (Lipinski definition) is 4. The fourth-order valence-corrected chi connectivity index (χ4v) is 1.95. The number of carbonyl (C=O) groups is 1. The highest BCUT2D eigenvalue weighted by molar-refractivity contribution is 7.98. The van der Waals surface area contributed by atoms with Crippen LogP contribution in [0.15, 0.2) is 18.3 Å². The third kappa shape index (κ3) is 4.51. The minimum atomic E-state index is -0.985. The van der Waals surface area contributed by atoms with E-state index in [0.29, 0.717) is 16.5 Å². The van der Waals surface area contributed by atoms with Crippen LogP contribution in [0.4, 0.5) is 0 Å². The van der Waals surface area contributed by atoms with Crippen molar-refractivity contribution in [3.05, 3.63) is 29.0 Å². The number of thioether (sulfide) groups is 1. The van der Waals surface area contributed by atoms with E-state index < -0.39 is 12.0 Å². The molecular formula is C9H11ClN2O2S. The number of carboxylic acid groups (broad SMARTS) is 1. The van der Waals surface area contributed by atoms with Crippen molar-refractivity contribution in [1.82, 2.24) is 4.98 Å². The summed E-state index contributed by atoms with van der Waals surface area (Å²) < 4.78 is 0. The number of rotatable bonds is 5. The van der Waals surface area contributed by atoms with Crippen LogP contribution < -0.4 is 5.73 Å². The maximum atomic E-state index is 10.4. The van der Waals surface area contributed by atoms with E-state index in [2.05, 4.69) is 4.98 Å². The number of aliphatic carboxylic acids is 1. The van der Waals surface area contributed by atoms with Gasteiger partial charge in [-0.3, -0.25) is 9.78 Å². The van der Waals surface area contributed by atoms with E-state index in [1.807, 2.05) is 0 Å². The Morgan fingerprint density at radius 1 is 1.73 bits per heavy atom. The van der Waals surface area contributed by atoms with Crippen LogP contribution >= 0.6 is 23.4 Å². The molecule has 0 amide bonds. The summed E-state index contributed by atoms with van der Waals surface area (Å²) in [5.41, 5.74) is 6.17. The summed E-state index contributed by atoms with van der Waals surface area (Å²) in [7, 11) is 0. The van der Waals surface area contributed by atoms with E-state index in [1.54, 1.807) is 18.3 Å². The number of hydrogen-bond donors (Lipinski definition) is 2. The first-order chi connectivity index (χ1) is 7.09. The van der Waals surface area contributed by atoms with Crippen LogP contribution in [0.5, 0.6) is 0 Å². The van der Waals surface area contributed by atoms with Gasteiger partial charge in [0.15, 0.2) is 0 Å². The first kappa shape index (κ1) is 12.3. The minimum absolute atomic E-state index is 0.365. The van der Waals surface area contributed by atoms with Crippen molar-refractivity contribution in [2.75, 3.05) is 5.75 Å². The molecule has 0 aliphatic carbocycles. The zero-order valence-corrected chi connectivity index (χ0v) is 9.46. The van der Waals surface area contributed by atoms with Gasteiger partial charge >= 0.3 is 5.97 Å². The molecule has 0 saturated heterocycles. The molecule has 1 aromatic rings. The van der Waals surface area contributed by atoms with Crippen molar-refractivity contribution in [2.24, 2.45) is 5.73 Å². The van der Waals surface area contributed by atoms with Crippen LogP contribution in [0.2, 0.25) is 5.02 Å². The van der Waals surface area contributed by atoms with Gasteiger partial charge in [-0.15, -0.1) is 0 Å². The van der Waals surface area contributed by atoms with E-state index in [0.717, 1.165) is 5.69 Å². The second kappa shape index (κ2) is 5.95. The Morgan fingerprint density at radius 2 is 2.47 bits per heavy atom. The largest absolute Gasteiger partial charge is 0.480 e. The van der Waals surface area contributed by atoms with Gasteiger partial charge in [-0.05, 0) is 12.1 Å². The molecule has 0 aromatic carbocycles. The molecule has 3 N–H and O–H groups in total. The van der Waals surface area contributed by atoms with Gasteiger partial charge in [-0.25, -0.2) is 0 Å². The van der Waals surface area contributed by atoms with Gasteiger partial charge in [0.1, 0.15) is 6.04 Å². The Hall–Kier alpha value is -0.780. The van der Waals surface area contributed by atoms with Crippen LogP contribution in [-0.2, 0) is 10.5 Å². The summed E-state index contributed by atoms with van der Waals surface area (Å²) in [5.74, 6) is -0.00742. The first-order valence-corrected chi connectivity index (χ1v) is 5.79. The molecule has 0 fully saturated rings. The summed E-state index contributed by atoms with van der Waals surface area (Å²) in [6.45, 7) is 0. The molecule has 0 aliphatic heterocycles. The van der Waals surface area contributed by atoms with E-state index in [-0.39, 0.29) is 0 Å². The third-order valence-electron chi connectivity index (χ3n) is 1.64. The van der Waals surface area contributed by atoms with Gasteiger partial charge in [0.2, 0.25) is 0 Å². The van der Waals surface area contributed by atoms with Crippen LogP contribution in [0.1, 0.15) is 5.69 Å². The summed E-state index contributed by atoms with van der Waals surface area (Å²) >= 11 is 7.19. The Morgan fingerprint density at radius 3 is 3.07 bits per heavy atom. The molecule has 1 atom stereocenters. The van der Waals surface area contributed by atoms with Gasteiger partial charge < -0.3 is 10.8 Å². The Bertz CT molecular complexity index is 349. The molecular weight excluding hydrogens is 236 g/mol. The van der Waals surface area contributed by atoms with Crippen LogP contribution in [0, 0.1) is 0 Å². The van der Waals surface area contributed by atoms with Gasteiger partial charge in [0, 0.05) is 22.7 Å². The molecule has 0 unspecified atom stereocenters. The average molecular weight is 247 g/mol. The van der Waals surface area contributed by atoms with Crippen molar-refractivity contribution < 1.29 is 9.90 Å². The van der Waals surface area contributed by atoms with Crippen molar-refractivity contribution in [2.45, 2.75) is 11.8 Å². The zero-order valence-electron chi connectivity index (χ0n) is 7.89. The molecule has 1 aromatic heterocycles. The highest BCUT2D eigenvalue weighted by Crippen LogP contribution is 2.14. The number of halogens is 1. The van der Waals surface area contributed by atoms with Gasteiger partial charge in [0.05, 0.1) is 5.69 Å². The fourth-order valence-electron chi connectivity index (χ4n) is 0.889. The molecule has 15 heavy (non-hydrogen) atoms. The Kier molecular flexibility index (Phi) is 4.87. The van der Waals surface area contributed by atoms with Crippen molar-refractivity contribution >= 4 is 29.3 Å². The SMILES string of the molecule is N[C@@H](CSCc1cc(Cl)ccn1)C(=O)O. The lowest BCUT2D eigenvalue weighted by Crippen LogP contribution is -2.32. The Balaban J connectivity index is 2.35. The molecule has 6 heteroatoms. The van der Waals surface area contributed by atoms with Crippen LogP contribution in [0.3, 0.4) is 0 Å². The molecule has 82 valence electrons. The lowest BCUT2D eigenvalue weighted by atomic mass is 10.4. The molecule has 0 bridgehead atoms. The average Bonchev–Trinajstić information content (AvgIpc) is 2.17. The number of nitrogens with two attached hydrogens (primary N) is 1. The van der Waals surface area contributed by atoms with Crippen molar-refractivity contribution in [3.8, 4) is 0 Å². The number of carboxylic acids is 1. The molecule has 4 nitrogen and oxygen atoms in total. The zero-order chi connectivity index (χ0) is 11.3. The molecule has 0 radical (unpaired) electrons. The monoisotopic (exact) mass is 246 g/mol. The molecule has 0 saturated carbocycles. The lowest BCUT2D eigenvalue weighted by Gasteiger charge is -2.05. The molecule has 1 rings (SSSR count). The summed E-state index contributed by atoms with van der Waals surface area (Å²) in [4.78, 5) is 14.5. The topological polar surface area (TPSA) is 76.2 Å². The van der Waals surface area contributed by atoms with Crippen molar-refractivity contribution in [3.63, 3.8) is 0 Å². The van der Waals surface area contributed by atoms with Gasteiger partial charge in [0.25, 0.3) is 0 Å². The summed E-state index contributed by atoms with van der Waals surface area (Å²) in [5, 5.41) is 9.18. The molecule has 0 aliphatic rings. The second-order valence-electron chi connectivity index (χ2n) is 2.93. The smallest absolute Gasteiger partial charge is 0.321 e. The molecule has 1 heterocycles. The maximum Gasteiger partial charge on any atom is 0.321 e. The number of aromatic nitrogens is 1. The number of nitrogens with zero attached hydrogens (tertiary/aromatic N) is 1. The van der Waals surface area contributed by atoms with E-state index >= 15 is 0 Å². The van der Waals surface area contributed by atoms with E-state index in [9.17, 15) is 4.79 Å². The predicted octanol–water partition coefficient (Wildman–Crippen LogP) is 1.38.